The monoisotopic (exact) mass is 310 g/mol. The van der Waals surface area contributed by atoms with E-state index in [1.807, 2.05) is 0 Å². The van der Waals surface area contributed by atoms with Crippen molar-refractivity contribution in [2.75, 3.05) is 0 Å². The molecule has 4 aliphatic rings. The van der Waals surface area contributed by atoms with Gasteiger partial charge in [-0.3, -0.25) is 0 Å². The molecule has 0 N–H and O–H groups in total. The van der Waals surface area contributed by atoms with Crippen LogP contribution in [0, 0.1) is 47.3 Å². The van der Waals surface area contributed by atoms with Gasteiger partial charge < -0.3 is 0 Å². The van der Waals surface area contributed by atoms with E-state index in [4.69, 9.17) is 0 Å². The summed E-state index contributed by atoms with van der Waals surface area (Å²) in [6.45, 7) is 4.80. The van der Waals surface area contributed by atoms with E-state index < -0.39 is 5.92 Å². The molecule has 2 heteroatoms. The van der Waals surface area contributed by atoms with Crippen LogP contribution in [0.3, 0.4) is 0 Å². The summed E-state index contributed by atoms with van der Waals surface area (Å²) >= 11 is 0. The molecule has 0 aliphatic heterocycles. The summed E-state index contributed by atoms with van der Waals surface area (Å²) in [5.41, 5.74) is 0. The fraction of sp³-hybridized carbons (Fsp3) is 1.00. The van der Waals surface area contributed by atoms with Gasteiger partial charge in [0.15, 0.2) is 0 Å². The number of halogens is 2. The molecule has 4 fully saturated rings. The lowest BCUT2D eigenvalue weighted by molar-refractivity contribution is -0.112. The zero-order valence-electron chi connectivity index (χ0n) is 14.2. The van der Waals surface area contributed by atoms with Crippen molar-refractivity contribution < 1.29 is 8.78 Å². The van der Waals surface area contributed by atoms with Crippen LogP contribution in [0.25, 0.3) is 0 Å². The van der Waals surface area contributed by atoms with E-state index in [0.717, 1.165) is 48.3 Å². The largest absolute Gasteiger partial charge is 0.248 e. The molecular weight excluding hydrogens is 278 g/mol. The van der Waals surface area contributed by atoms with E-state index in [1.54, 1.807) is 0 Å². The summed E-state index contributed by atoms with van der Waals surface area (Å²) in [4.78, 5) is 0. The van der Waals surface area contributed by atoms with Crippen molar-refractivity contribution in [1.29, 1.82) is 0 Å². The normalized spacial score (nSPS) is 50.3. The molecular formula is C20H32F2. The van der Waals surface area contributed by atoms with Crippen molar-refractivity contribution in [2.24, 2.45) is 47.3 Å². The smallest absolute Gasteiger partial charge is 0.207 e. The minimum atomic E-state index is -2.36. The minimum absolute atomic E-state index is 0.167. The molecule has 4 aliphatic carbocycles. The van der Waals surface area contributed by atoms with Crippen LogP contribution >= 0.6 is 0 Å². The number of alkyl halides is 2. The van der Waals surface area contributed by atoms with Gasteiger partial charge in [0.25, 0.3) is 0 Å². The highest BCUT2D eigenvalue weighted by molar-refractivity contribution is 5.02. The van der Waals surface area contributed by atoms with Crippen LogP contribution < -0.4 is 0 Å². The maximum absolute atomic E-state index is 13.8. The number of rotatable bonds is 1. The van der Waals surface area contributed by atoms with Crippen molar-refractivity contribution in [1.82, 2.24) is 0 Å². The summed E-state index contributed by atoms with van der Waals surface area (Å²) < 4.78 is 27.5. The lowest BCUT2D eigenvalue weighted by Gasteiger charge is -2.53. The molecule has 0 aromatic heterocycles. The molecule has 0 heterocycles. The number of fused-ring (bicyclic) bond motifs is 5. The third kappa shape index (κ3) is 2.44. The van der Waals surface area contributed by atoms with Gasteiger partial charge >= 0.3 is 0 Å². The van der Waals surface area contributed by atoms with E-state index in [9.17, 15) is 8.78 Å². The van der Waals surface area contributed by atoms with Crippen molar-refractivity contribution >= 4 is 0 Å². The second-order valence-corrected chi connectivity index (χ2v) is 9.32. The molecule has 7 atom stereocenters. The summed E-state index contributed by atoms with van der Waals surface area (Å²) in [5.74, 6) is 3.97. The van der Waals surface area contributed by atoms with E-state index in [0.29, 0.717) is 11.8 Å². The molecule has 0 radical (unpaired) electrons. The molecule has 0 amide bonds. The zero-order valence-corrected chi connectivity index (χ0v) is 14.2. The molecule has 4 saturated carbocycles. The highest BCUT2D eigenvalue weighted by atomic mass is 19.3. The maximum Gasteiger partial charge on any atom is 0.248 e. The first-order valence-electron chi connectivity index (χ1n) is 9.84. The van der Waals surface area contributed by atoms with Crippen molar-refractivity contribution in [3.8, 4) is 0 Å². The number of hydrogen-bond donors (Lipinski definition) is 0. The van der Waals surface area contributed by atoms with Crippen LogP contribution in [-0.2, 0) is 0 Å². The van der Waals surface area contributed by atoms with Crippen LogP contribution in [0.5, 0.6) is 0 Å². The Morgan fingerprint density at radius 1 is 0.727 bits per heavy atom. The molecule has 4 unspecified atom stereocenters. The summed E-state index contributed by atoms with van der Waals surface area (Å²) in [5, 5.41) is 0. The van der Waals surface area contributed by atoms with E-state index in [2.05, 4.69) is 13.8 Å². The summed E-state index contributed by atoms with van der Waals surface area (Å²) in [6.07, 6.45) is 9.14. The second-order valence-electron chi connectivity index (χ2n) is 9.32. The molecule has 0 saturated heterocycles. The van der Waals surface area contributed by atoms with Gasteiger partial charge in [-0.25, -0.2) is 8.78 Å². The van der Waals surface area contributed by atoms with E-state index in [-0.39, 0.29) is 12.8 Å². The highest BCUT2D eigenvalue weighted by Gasteiger charge is 2.53. The fourth-order valence-electron chi connectivity index (χ4n) is 7.33. The first-order valence-corrected chi connectivity index (χ1v) is 9.84. The Morgan fingerprint density at radius 2 is 1.32 bits per heavy atom. The third-order valence-electron chi connectivity index (χ3n) is 8.15. The van der Waals surface area contributed by atoms with Crippen LogP contribution in [-0.4, -0.2) is 5.92 Å². The van der Waals surface area contributed by atoms with Crippen molar-refractivity contribution in [2.45, 2.75) is 77.6 Å². The molecule has 0 nitrogen and oxygen atoms in total. The molecule has 126 valence electrons. The fourth-order valence-corrected chi connectivity index (χ4v) is 7.33. The average molecular weight is 310 g/mol. The molecule has 0 aromatic carbocycles. The zero-order chi connectivity index (χ0) is 15.5. The van der Waals surface area contributed by atoms with Crippen LogP contribution in [0.4, 0.5) is 8.78 Å². The molecule has 4 rings (SSSR count). The summed E-state index contributed by atoms with van der Waals surface area (Å²) in [7, 11) is 0. The van der Waals surface area contributed by atoms with E-state index in [1.165, 1.54) is 32.1 Å². The predicted molar refractivity (Wildman–Crippen MR) is 85.8 cm³/mol. The minimum Gasteiger partial charge on any atom is -0.207 e. The van der Waals surface area contributed by atoms with Crippen molar-refractivity contribution in [3.05, 3.63) is 0 Å². The molecule has 0 bridgehead atoms. The molecule has 0 aromatic rings. The number of hydrogen-bond acceptors (Lipinski definition) is 0. The SMILES string of the molecule is CC(C)C1CC[C@@H]2C1CC[C@@H]1C3CCC(F)(F)C[C@@H]3CCC21. The lowest BCUT2D eigenvalue weighted by Crippen LogP contribution is -2.47. The first-order chi connectivity index (χ1) is 10.5. The molecule has 0 spiro atoms. The van der Waals surface area contributed by atoms with Gasteiger partial charge in [-0.1, -0.05) is 13.8 Å². The Balaban J connectivity index is 1.50. The van der Waals surface area contributed by atoms with Gasteiger partial charge in [0.2, 0.25) is 5.92 Å². The van der Waals surface area contributed by atoms with Crippen LogP contribution in [0.1, 0.15) is 71.6 Å². The Kier molecular flexibility index (Phi) is 3.81. The van der Waals surface area contributed by atoms with Gasteiger partial charge in [-0.2, -0.15) is 0 Å². The lowest BCUT2D eigenvalue weighted by atomic mass is 9.53. The topological polar surface area (TPSA) is 0 Å². The quantitative estimate of drug-likeness (QED) is 0.544. The highest BCUT2D eigenvalue weighted by Crippen LogP contribution is 2.61. The van der Waals surface area contributed by atoms with E-state index >= 15 is 0 Å². The van der Waals surface area contributed by atoms with Gasteiger partial charge in [0.1, 0.15) is 0 Å². The summed E-state index contributed by atoms with van der Waals surface area (Å²) in [6, 6.07) is 0. The van der Waals surface area contributed by atoms with Gasteiger partial charge in [-0.15, -0.1) is 0 Å². The third-order valence-corrected chi connectivity index (χ3v) is 8.15. The Labute approximate surface area is 134 Å². The Bertz CT molecular complexity index is 414. The Hall–Kier alpha value is -0.140. The first kappa shape index (κ1) is 15.4. The Morgan fingerprint density at radius 3 is 2.09 bits per heavy atom. The predicted octanol–water partition coefficient (Wildman–Crippen LogP) is 6.16. The standard InChI is InChI=1S/C20H32F2/c1-12(2)14-5-6-19-16(14)7-8-17-15-9-10-20(21,22)11-13(15)3-4-18(17)19/h12-19H,3-11H2,1-2H3/t13-,14?,15?,16?,17+,18?,19+/m0/s1. The van der Waals surface area contributed by atoms with Crippen molar-refractivity contribution in [3.63, 3.8) is 0 Å². The van der Waals surface area contributed by atoms with Gasteiger partial charge in [0, 0.05) is 12.8 Å². The van der Waals surface area contributed by atoms with Crippen LogP contribution in [0.2, 0.25) is 0 Å². The van der Waals surface area contributed by atoms with Gasteiger partial charge in [0.05, 0.1) is 0 Å². The maximum atomic E-state index is 13.8. The molecule has 22 heavy (non-hydrogen) atoms. The van der Waals surface area contributed by atoms with Gasteiger partial charge in [-0.05, 0) is 92.3 Å². The second kappa shape index (κ2) is 5.45. The van der Waals surface area contributed by atoms with Crippen LogP contribution in [0.15, 0.2) is 0 Å². The average Bonchev–Trinajstić information content (AvgIpc) is 2.89.